The summed E-state index contributed by atoms with van der Waals surface area (Å²) in [5.41, 5.74) is 2.43. The summed E-state index contributed by atoms with van der Waals surface area (Å²) in [4.78, 5) is 40.5. The SMILES string of the molecule is COc1cccc(/C=C(\NC(=O)c2ccccc2)C(=O)Nc2ccc(SC(C(=O)Nc3ccccc3F)c3ccccc3)cc2)c1. The van der Waals surface area contributed by atoms with Gasteiger partial charge in [-0.1, -0.05) is 72.8 Å². The van der Waals surface area contributed by atoms with Crippen LogP contribution in [0.25, 0.3) is 6.08 Å². The molecule has 0 spiro atoms. The van der Waals surface area contributed by atoms with Crippen LogP contribution >= 0.6 is 11.8 Å². The highest BCUT2D eigenvalue weighted by Gasteiger charge is 2.23. The number of rotatable bonds is 11. The number of hydrogen-bond acceptors (Lipinski definition) is 5. The number of halogens is 1. The van der Waals surface area contributed by atoms with Crippen molar-refractivity contribution in [1.82, 2.24) is 5.32 Å². The Balaban J connectivity index is 1.34. The van der Waals surface area contributed by atoms with Crippen molar-refractivity contribution in [2.45, 2.75) is 10.1 Å². The van der Waals surface area contributed by atoms with E-state index in [1.165, 1.54) is 23.9 Å². The van der Waals surface area contributed by atoms with Crippen molar-refractivity contribution >= 4 is 46.9 Å². The number of carbonyl (C=O) groups is 3. The van der Waals surface area contributed by atoms with Gasteiger partial charge < -0.3 is 20.7 Å². The molecule has 5 aromatic rings. The molecule has 0 aliphatic carbocycles. The number of ether oxygens (including phenoxy) is 1. The lowest BCUT2D eigenvalue weighted by Gasteiger charge is -2.18. The summed E-state index contributed by atoms with van der Waals surface area (Å²) in [6.07, 6.45) is 1.57. The van der Waals surface area contributed by atoms with E-state index in [0.29, 0.717) is 22.6 Å². The van der Waals surface area contributed by atoms with Crippen molar-refractivity contribution in [3.05, 3.63) is 162 Å². The zero-order chi connectivity index (χ0) is 32.3. The van der Waals surface area contributed by atoms with Crippen molar-refractivity contribution in [3.8, 4) is 5.75 Å². The van der Waals surface area contributed by atoms with Crippen molar-refractivity contribution in [2.24, 2.45) is 0 Å². The number of para-hydroxylation sites is 1. The number of hydrogen-bond donors (Lipinski definition) is 3. The molecular weight excluding hydrogens is 601 g/mol. The van der Waals surface area contributed by atoms with Crippen LogP contribution in [0.4, 0.5) is 15.8 Å². The highest BCUT2D eigenvalue weighted by molar-refractivity contribution is 8.00. The van der Waals surface area contributed by atoms with E-state index in [9.17, 15) is 18.8 Å². The maximum Gasteiger partial charge on any atom is 0.272 e. The van der Waals surface area contributed by atoms with Crippen LogP contribution in [0.3, 0.4) is 0 Å². The summed E-state index contributed by atoms with van der Waals surface area (Å²) in [6, 6.07) is 37.9. The maximum absolute atomic E-state index is 14.3. The third-order valence-corrected chi connectivity index (χ3v) is 8.04. The van der Waals surface area contributed by atoms with Gasteiger partial charge in [-0.05, 0) is 77.9 Å². The van der Waals surface area contributed by atoms with Crippen molar-refractivity contribution in [1.29, 1.82) is 0 Å². The third-order valence-electron chi connectivity index (χ3n) is 6.77. The van der Waals surface area contributed by atoms with Crippen LogP contribution in [0.5, 0.6) is 5.75 Å². The van der Waals surface area contributed by atoms with Gasteiger partial charge in [-0.25, -0.2) is 4.39 Å². The van der Waals surface area contributed by atoms with Crippen LogP contribution in [0, 0.1) is 5.82 Å². The van der Waals surface area contributed by atoms with Crippen molar-refractivity contribution in [2.75, 3.05) is 17.7 Å². The summed E-state index contributed by atoms with van der Waals surface area (Å²) >= 11 is 1.29. The normalized spacial score (nSPS) is 11.7. The Hall–Kier alpha value is -5.67. The van der Waals surface area contributed by atoms with E-state index in [2.05, 4.69) is 16.0 Å². The van der Waals surface area contributed by atoms with Gasteiger partial charge in [-0.2, -0.15) is 0 Å². The monoisotopic (exact) mass is 631 g/mol. The first-order chi connectivity index (χ1) is 22.4. The second-order valence-corrected chi connectivity index (χ2v) is 11.2. The highest BCUT2D eigenvalue weighted by atomic mass is 32.2. The molecule has 7 nitrogen and oxygen atoms in total. The number of benzene rings is 5. The zero-order valence-corrected chi connectivity index (χ0v) is 25.6. The van der Waals surface area contributed by atoms with Crippen LogP contribution in [0.2, 0.25) is 0 Å². The number of anilines is 2. The van der Waals surface area contributed by atoms with Crippen LogP contribution in [-0.2, 0) is 9.59 Å². The van der Waals surface area contributed by atoms with E-state index in [0.717, 1.165) is 10.5 Å². The number of methoxy groups -OCH3 is 1. The highest BCUT2D eigenvalue weighted by Crippen LogP contribution is 2.37. The molecular formula is C37H30FN3O4S. The van der Waals surface area contributed by atoms with Gasteiger partial charge in [0.1, 0.15) is 22.5 Å². The van der Waals surface area contributed by atoms with Gasteiger partial charge in [-0.15, -0.1) is 11.8 Å². The molecule has 46 heavy (non-hydrogen) atoms. The molecule has 0 aliphatic heterocycles. The minimum Gasteiger partial charge on any atom is -0.497 e. The molecule has 5 rings (SSSR count). The summed E-state index contributed by atoms with van der Waals surface area (Å²) in [5.74, 6) is -1.25. The molecule has 0 aromatic heterocycles. The Labute approximate surface area is 270 Å². The zero-order valence-electron chi connectivity index (χ0n) is 24.8. The first-order valence-corrected chi connectivity index (χ1v) is 15.2. The van der Waals surface area contributed by atoms with Crippen molar-refractivity contribution < 1.29 is 23.5 Å². The lowest BCUT2D eigenvalue weighted by atomic mass is 10.1. The van der Waals surface area contributed by atoms with E-state index in [4.69, 9.17) is 4.74 Å². The standard InChI is InChI=1S/C37H30FN3O4S/c1-45-29-16-10-11-25(23-29)24-33(41-35(42)27-14-6-3-7-15-27)36(43)39-28-19-21-30(22-20-28)46-34(26-12-4-2-5-13-26)37(44)40-32-18-9-8-17-31(32)38/h2-24,34H,1H3,(H,39,43)(H,40,44)(H,41,42)/b33-24-. The second-order valence-electron chi connectivity index (χ2n) is 10.0. The van der Waals surface area contributed by atoms with Gasteiger partial charge in [0.25, 0.3) is 11.8 Å². The minimum atomic E-state index is -0.674. The number of carbonyl (C=O) groups excluding carboxylic acids is 3. The van der Waals surface area contributed by atoms with E-state index in [1.54, 1.807) is 104 Å². The topological polar surface area (TPSA) is 96.5 Å². The van der Waals surface area contributed by atoms with E-state index < -0.39 is 22.9 Å². The van der Waals surface area contributed by atoms with Gasteiger partial charge >= 0.3 is 0 Å². The average molecular weight is 632 g/mol. The van der Waals surface area contributed by atoms with Gasteiger partial charge in [0, 0.05) is 16.1 Å². The summed E-state index contributed by atoms with van der Waals surface area (Å²) in [7, 11) is 1.55. The molecule has 9 heteroatoms. The smallest absolute Gasteiger partial charge is 0.272 e. The largest absolute Gasteiger partial charge is 0.497 e. The molecule has 0 aliphatic rings. The van der Waals surface area contributed by atoms with Crippen LogP contribution < -0.4 is 20.7 Å². The fraction of sp³-hybridized carbons (Fsp3) is 0.0541. The summed E-state index contributed by atoms with van der Waals surface area (Å²) < 4.78 is 19.6. The Kier molecular flexibility index (Phi) is 10.6. The van der Waals surface area contributed by atoms with Crippen LogP contribution in [0.1, 0.15) is 26.7 Å². The first-order valence-electron chi connectivity index (χ1n) is 14.3. The van der Waals surface area contributed by atoms with E-state index in [1.807, 2.05) is 30.3 Å². The number of nitrogens with one attached hydrogen (secondary N) is 3. The predicted octanol–water partition coefficient (Wildman–Crippen LogP) is 7.72. The molecule has 1 atom stereocenters. The first kappa shape index (κ1) is 31.7. The Bertz CT molecular complexity index is 1850. The molecule has 0 saturated heterocycles. The fourth-order valence-corrected chi connectivity index (χ4v) is 5.48. The Morgan fingerprint density at radius 3 is 2.13 bits per heavy atom. The molecule has 3 N–H and O–H groups in total. The van der Waals surface area contributed by atoms with Gasteiger partial charge in [0.2, 0.25) is 5.91 Å². The molecule has 1 unspecified atom stereocenters. The third kappa shape index (κ3) is 8.49. The van der Waals surface area contributed by atoms with E-state index >= 15 is 0 Å². The van der Waals surface area contributed by atoms with Crippen LogP contribution in [0.15, 0.2) is 144 Å². The molecule has 3 amide bonds. The van der Waals surface area contributed by atoms with Crippen LogP contribution in [-0.4, -0.2) is 24.8 Å². The molecule has 0 saturated carbocycles. The molecule has 5 aromatic carbocycles. The average Bonchev–Trinajstić information content (AvgIpc) is 3.09. The molecule has 0 heterocycles. The quantitative estimate of drug-likeness (QED) is 0.103. The molecule has 0 bridgehead atoms. The summed E-state index contributed by atoms with van der Waals surface area (Å²) in [6.45, 7) is 0. The molecule has 0 fully saturated rings. The Morgan fingerprint density at radius 1 is 0.761 bits per heavy atom. The molecule has 0 radical (unpaired) electrons. The number of thioether (sulfide) groups is 1. The fourth-order valence-electron chi connectivity index (χ4n) is 4.45. The van der Waals surface area contributed by atoms with Crippen molar-refractivity contribution in [3.63, 3.8) is 0 Å². The lowest BCUT2D eigenvalue weighted by molar-refractivity contribution is -0.116. The summed E-state index contributed by atoms with van der Waals surface area (Å²) in [5, 5.41) is 7.58. The van der Waals surface area contributed by atoms with E-state index in [-0.39, 0.29) is 17.3 Å². The van der Waals surface area contributed by atoms with Gasteiger partial charge in [0.15, 0.2) is 0 Å². The maximum atomic E-state index is 14.3. The second kappa shape index (κ2) is 15.4. The van der Waals surface area contributed by atoms with Gasteiger partial charge in [-0.3, -0.25) is 14.4 Å². The Morgan fingerprint density at radius 2 is 1.43 bits per heavy atom. The predicted molar refractivity (Wildman–Crippen MR) is 180 cm³/mol. The molecule has 230 valence electrons. The minimum absolute atomic E-state index is 0.0366. The number of amides is 3. The van der Waals surface area contributed by atoms with Gasteiger partial charge in [0.05, 0.1) is 12.8 Å². The lowest BCUT2D eigenvalue weighted by Crippen LogP contribution is -2.30.